The Balaban J connectivity index is 0.000000363. The zero-order valence-electron chi connectivity index (χ0n) is 20.6. The van der Waals surface area contributed by atoms with E-state index in [0.29, 0.717) is 18.0 Å². The molecule has 0 spiro atoms. The Labute approximate surface area is 222 Å². The number of likely N-dealkylation sites (tertiary alicyclic amines) is 1. The maximum atomic E-state index is 12.5. The highest BCUT2D eigenvalue weighted by atomic mass is 35.5. The smallest absolute Gasteiger partial charge is 0.305 e. The number of halogens is 7. The van der Waals surface area contributed by atoms with Gasteiger partial charge in [-0.2, -0.15) is 43.2 Å². The van der Waals surface area contributed by atoms with Crippen LogP contribution in [-0.2, 0) is 24.8 Å². The number of carbonyl (C=O) groups excluding carboxylic acids is 1. The Bertz CT molecular complexity index is 1140. The molecular formula is C20H27ClF6N4O5S2. The van der Waals surface area contributed by atoms with Crippen molar-refractivity contribution < 1.29 is 48.0 Å². The van der Waals surface area contributed by atoms with Gasteiger partial charge < -0.3 is 9.80 Å². The number of alkyl halides is 6. The normalized spacial score (nSPS) is 17.9. The molecule has 0 N–H and O–H groups in total. The van der Waals surface area contributed by atoms with Crippen LogP contribution in [0.1, 0.15) is 26.2 Å². The van der Waals surface area contributed by atoms with E-state index < -0.39 is 40.6 Å². The summed E-state index contributed by atoms with van der Waals surface area (Å²) in [5.41, 5.74) is -11.1. The van der Waals surface area contributed by atoms with Crippen molar-refractivity contribution in [3.8, 4) is 0 Å². The summed E-state index contributed by atoms with van der Waals surface area (Å²) >= 11 is 5.30. The molecule has 0 amide bonds. The van der Waals surface area contributed by atoms with E-state index in [2.05, 4.69) is 34.8 Å². The van der Waals surface area contributed by atoms with Crippen LogP contribution < -0.4 is 3.71 Å². The average Bonchev–Trinajstić information content (AvgIpc) is 2.78. The van der Waals surface area contributed by atoms with Crippen molar-refractivity contribution in [3.05, 3.63) is 35.0 Å². The summed E-state index contributed by atoms with van der Waals surface area (Å²) in [5, 5.41) is -0.280. The predicted octanol–water partition coefficient (Wildman–Crippen LogP) is 3.79. The van der Waals surface area contributed by atoms with Gasteiger partial charge in [-0.25, -0.2) is 4.98 Å². The number of rotatable bonds is 3. The summed E-state index contributed by atoms with van der Waals surface area (Å²) in [6, 6.07) is 0.934. The molecule has 0 saturated carbocycles. The predicted molar refractivity (Wildman–Crippen MR) is 129 cm³/mol. The van der Waals surface area contributed by atoms with Gasteiger partial charge in [0, 0.05) is 45.2 Å². The number of sulfonamides is 2. The molecule has 0 radical (unpaired) electrons. The number of aromatic nitrogens is 1. The van der Waals surface area contributed by atoms with Crippen LogP contribution in [0.25, 0.3) is 0 Å². The standard InChI is InChI=1S/C7H3ClF6N2O4S2.C7H13N.C6H11NO/c8-4-1-2-5(15-3-4)16(21(17,18)6(9,10)11)22(19,20)7(12,13)14;1-7-3-5-8(2)6-4-7;1-7-4-2-6(8)3-5-7/h1-3H;3H,4-6H2,1-2H3;2-5H2,1H3. The van der Waals surface area contributed by atoms with E-state index in [1.165, 1.54) is 13.0 Å². The number of carbonyl (C=O) groups is 1. The van der Waals surface area contributed by atoms with Gasteiger partial charge in [-0.15, -0.1) is 3.71 Å². The minimum absolute atomic E-state index is 0.273. The summed E-state index contributed by atoms with van der Waals surface area (Å²) in [4.78, 5) is 18.0. The molecule has 0 bridgehead atoms. The molecule has 0 aliphatic carbocycles. The van der Waals surface area contributed by atoms with Crippen molar-refractivity contribution in [1.82, 2.24) is 14.8 Å². The van der Waals surface area contributed by atoms with Crippen molar-refractivity contribution in [3.63, 3.8) is 0 Å². The summed E-state index contributed by atoms with van der Waals surface area (Å²) in [6.07, 6.45) is 5.55. The van der Waals surface area contributed by atoms with E-state index in [1.807, 2.05) is 7.05 Å². The van der Waals surface area contributed by atoms with Gasteiger partial charge in [0.1, 0.15) is 5.78 Å². The molecule has 0 atom stereocenters. The van der Waals surface area contributed by atoms with Gasteiger partial charge in [0.15, 0.2) is 5.82 Å². The zero-order valence-corrected chi connectivity index (χ0v) is 22.9. The molecule has 1 aromatic rings. The highest BCUT2D eigenvalue weighted by molar-refractivity contribution is 8.11. The number of nitrogens with zero attached hydrogens (tertiary/aromatic N) is 4. The molecule has 18 heteroatoms. The van der Waals surface area contributed by atoms with Gasteiger partial charge in [0.05, 0.1) is 5.02 Å². The van der Waals surface area contributed by atoms with E-state index in [4.69, 9.17) is 11.6 Å². The highest BCUT2D eigenvalue weighted by Crippen LogP contribution is 2.38. The van der Waals surface area contributed by atoms with Crippen molar-refractivity contribution in [2.75, 3.05) is 44.0 Å². The second kappa shape index (κ2) is 13.4. The summed E-state index contributed by atoms with van der Waals surface area (Å²) in [7, 11) is -9.65. The molecule has 2 aliphatic heterocycles. The van der Waals surface area contributed by atoms with Crippen LogP contribution in [-0.4, -0.2) is 88.7 Å². The quantitative estimate of drug-likeness (QED) is 0.373. The molecule has 218 valence electrons. The van der Waals surface area contributed by atoms with E-state index in [-0.39, 0.29) is 11.1 Å². The van der Waals surface area contributed by atoms with Crippen LogP contribution >= 0.6 is 11.6 Å². The fourth-order valence-electron chi connectivity index (χ4n) is 2.78. The molecule has 1 fully saturated rings. The van der Waals surface area contributed by atoms with Crippen LogP contribution in [0.5, 0.6) is 0 Å². The molecule has 3 rings (SSSR count). The molecule has 1 saturated heterocycles. The van der Waals surface area contributed by atoms with Crippen molar-refractivity contribution in [2.45, 2.75) is 37.2 Å². The van der Waals surface area contributed by atoms with Gasteiger partial charge >= 0.3 is 31.1 Å². The third-order valence-corrected chi connectivity index (χ3v) is 8.92. The van der Waals surface area contributed by atoms with Gasteiger partial charge in [-0.3, -0.25) is 4.79 Å². The van der Waals surface area contributed by atoms with E-state index in [1.54, 1.807) is 5.57 Å². The van der Waals surface area contributed by atoms with E-state index in [9.17, 15) is 48.0 Å². The molecule has 38 heavy (non-hydrogen) atoms. The lowest BCUT2D eigenvalue weighted by Gasteiger charge is -2.24. The molecule has 3 heterocycles. The van der Waals surface area contributed by atoms with E-state index >= 15 is 0 Å². The van der Waals surface area contributed by atoms with Gasteiger partial charge in [-0.05, 0) is 39.6 Å². The minimum Gasteiger partial charge on any atom is -0.305 e. The van der Waals surface area contributed by atoms with E-state index in [0.717, 1.165) is 32.5 Å². The fourth-order valence-corrected chi connectivity index (χ4v) is 5.52. The first-order valence-electron chi connectivity index (χ1n) is 10.8. The number of pyridine rings is 1. The second-order valence-electron chi connectivity index (χ2n) is 8.34. The SMILES string of the molecule is CC1=CCN(C)CC1.CN1CCC(=O)CC1.O=S(=O)(N(c1ccc(Cl)cn1)S(=O)(=O)C(F)(F)F)C(F)(F)F. The number of hydrogen-bond acceptors (Lipinski definition) is 8. The first kappa shape index (κ1) is 34.1. The Hall–Kier alpha value is -1.95. The van der Waals surface area contributed by atoms with Crippen LogP contribution in [0.15, 0.2) is 30.0 Å². The number of ketones is 1. The van der Waals surface area contributed by atoms with Crippen molar-refractivity contribution in [2.24, 2.45) is 0 Å². The van der Waals surface area contributed by atoms with Crippen LogP contribution in [0.3, 0.4) is 0 Å². The third kappa shape index (κ3) is 9.66. The number of piperidine rings is 1. The molecule has 9 nitrogen and oxygen atoms in total. The number of likely N-dealkylation sites (N-methyl/N-ethyl adjacent to an activating group) is 1. The monoisotopic (exact) mass is 616 g/mol. The molecular weight excluding hydrogens is 590 g/mol. The molecule has 0 unspecified atom stereocenters. The first-order chi connectivity index (χ1) is 17.2. The Kier molecular flexibility index (Phi) is 12.0. The maximum Gasteiger partial charge on any atom is 0.517 e. The lowest BCUT2D eigenvalue weighted by Crippen LogP contribution is -2.49. The first-order valence-corrected chi connectivity index (χ1v) is 14.0. The summed E-state index contributed by atoms with van der Waals surface area (Å²) in [5.74, 6) is -1.22. The molecule has 2 aliphatic rings. The Morgan fingerprint density at radius 1 is 0.868 bits per heavy atom. The number of Topliss-reactive ketones (excluding diaryl/α,β-unsaturated/α-hetero) is 1. The van der Waals surface area contributed by atoms with Crippen molar-refractivity contribution in [1.29, 1.82) is 0 Å². The van der Waals surface area contributed by atoms with Gasteiger partial charge in [0.2, 0.25) is 0 Å². The molecule has 0 aromatic carbocycles. The largest absolute Gasteiger partial charge is 0.517 e. The third-order valence-electron chi connectivity index (χ3n) is 5.10. The van der Waals surface area contributed by atoms with Crippen LogP contribution in [0.4, 0.5) is 32.2 Å². The van der Waals surface area contributed by atoms with Crippen LogP contribution in [0, 0.1) is 0 Å². The lowest BCUT2D eigenvalue weighted by atomic mass is 10.1. The minimum atomic E-state index is -6.93. The summed E-state index contributed by atoms with van der Waals surface area (Å²) < 4.78 is 118. The number of hydrogen-bond donors (Lipinski definition) is 0. The molecule has 1 aromatic heterocycles. The Morgan fingerprint density at radius 3 is 1.66 bits per heavy atom. The highest BCUT2D eigenvalue weighted by Gasteiger charge is 2.62. The van der Waals surface area contributed by atoms with Crippen molar-refractivity contribution >= 4 is 43.2 Å². The average molecular weight is 617 g/mol. The summed E-state index contributed by atoms with van der Waals surface area (Å²) in [6.45, 7) is 6.50. The topological polar surface area (TPSA) is 108 Å². The maximum absolute atomic E-state index is 12.5. The fraction of sp³-hybridized carbons (Fsp3) is 0.600. The lowest BCUT2D eigenvalue weighted by molar-refractivity contribution is -0.121. The number of anilines is 1. The zero-order chi connectivity index (χ0) is 29.5. The van der Waals surface area contributed by atoms with Gasteiger partial charge in [-0.1, -0.05) is 23.3 Å². The van der Waals surface area contributed by atoms with Gasteiger partial charge in [0.25, 0.3) is 0 Å². The Morgan fingerprint density at radius 2 is 1.34 bits per heavy atom. The second-order valence-corrected chi connectivity index (χ2v) is 12.6. The van der Waals surface area contributed by atoms with Crippen LogP contribution in [0.2, 0.25) is 5.02 Å².